The molecule has 1 aliphatic rings. The van der Waals surface area contributed by atoms with Crippen LogP contribution in [0.1, 0.15) is 13.3 Å². The summed E-state index contributed by atoms with van der Waals surface area (Å²) in [6.07, 6.45) is -2.25. The molecule has 6 nitrogen and oxygen atoms in total. The van der Waals surface area contributed by atoms with Crippen LogP contribution in [0, 0.1) is 5.92 Å². The number of hydrogen-bond donors (Lipinski definition) is 4. The molecule has 1 heterocycles. The van der Waals surface area contributed by atoms with Gasteiger partial charge in [0.15, 0.2) is 0 Å². The third-order valence-electron chi connectivity index (χ3n) is 2.54. The highest BCUT2D eigenvalue weighted by Gasteiger charge is 2.48. The smallest absolute Gasteiger partial charge is 0.364 e. The Morgan fingerprint density at radius 2 is 2.21 bits per heavy atom. The molecule has 0 radical (unpaired) electrons. The van der Waals surface area contributed by atoms with Crippen LogP contribution in [0.25, 0.3) is 0 Å². The van der Waals surface area contributed by atoms with Gasteiger partial charge < -0.3 is 25.2 Å². The average molecular weight is 206 g/mol. The van der Waals surface area contributed by atoms with Gasteiger partial charge in [-0.3, -0.25) is 0 Å². The molecular formula is C8H14O6. The minimum atomic E-state index is -2.39. The van der Waals surface area contributed by atoms with E-state index in [1.54, 1.807) is 6.92 Å². The summed E-state index contributed by atoms with van der Waals surface area (Å²) in [5, 5.41) is 36.4. The summed E-state index contributed by atoms with van der Waals surface area (Å²) in [7, 11) is 0. The second kappa shape index (κ2) is 3.82. The van der Waals surface area contributed by atoms with Crippen molar-refractivity contribution in [3.63, 3.8) is 0 Å². The number of aliphatic hydroxyl groups is 3. The molecule has 82 valence electrons. The number of carboxylic acid groups (broad SMARTS) is 1. The molecule has 4 atom stereocenters. The Labute approximate surface area is 80.7 Å². The number of carbonyl (C=O) groups is 1. The van der Waals surface area contributed by atoms with Gasteiger partial charge in [0.05, 0.1) is 18.8 Å². The molecule has 14 heavy (non-hydrogen) atoms. The van der Waals surface area contributed by atoms with Gasteiger partial charge >= 0.3 is 5.97 Å². The second-order valence-electron chi connectivity index (χ2n) is 3.56. The molecule has 1 rings (SSSR count). The molecular weight excluding hydrogens is 192 g/mol. The van der Waals surface area contributed by atoms with Crippen LogP contribution in [-0.2, 0) is 9.53 Å². The van der Waals surface area contributed by atoms with Crippen molar-refractivity contribution < 1.29 is 30.0 Å². The van der Waals surface area contributed by atoms with Gasteiger partial charge in [0.1, 0.15) is 0 Å². The largest absolute Gasteiger partial charge is 0.477 e. The van der Waals surface area contributed by atoms with Gasteiger partial charge in [-0.2, -0.15) is 0 Å². The van der Waals surface area contributed by atoms with Crippen LogP contribution in [0.5, 0.6) is 0 Å². The Bertz CT molecular complexity index is 230. The van der Waals surface area contributed by atoms with E-state index in [-0.39, 0.29) is 6.42 Å². The Hall–Kier alpha value is -0.690. The van der Waals surface area contributed by atoms with Crippen LogP contribution in [0.3, 0.4) is 0 Å². The Morgan fingerprint density at radius 3 is 2.64 bits per heavy atom. The zero-order chi connectivity index (χ0) is 10.9. The third-order valence-corrected chi connectivity index (χ3v) is 2.54. The molecule has 0 spiro atoms. The zero-order valence-electron chi connectivity index (χ0n) is 7.75. The van der Waals surface area contributed by atoms with E-state index >= 15 is 0 Å². The minimum absolute atomic E-state index is 0.389. The molecule has 0 aromatic rings. The first kappa shape index (κ1) is 11.4. The van der Waals surface area contributed by atoms with Crippen molar-refractivity contribution in [1.29, 1.82) is 0 Å². The maximum absolute atomic E-state index is 10.6. The topological polar surface area (TPSA) is 107 Å². The van der Waals surface area contributed by atoms with Gasteiger partial charge in [0.25, 0.3) is 5.79 Å². The van der Waals surface area contributed by atoms with Crippen LogP contribution in [0.4, 0.5) is 0 Å². The molecule has 0 saturated carbocycles. The SMILES string of the molecule is CC1C(O)CC(O)(C(=O)O)OC1CO. The van der Waals surface area contributed by atoms with E-state index in [4.69, 9.17) is 14.9 Å². The van der Waals surface area contributed by atoms with Crippen molar-refractivity contribution in [2.45, 2.75) is 31.3 Å². The molecule has 0 bridgehead atoms. The summed E-state index contributed by atoms with van der Waals surface area (Å²) in [5.74, 6) is -4.35. The van der Waals surface area contributed by atoms with Crippen LogP contribution >= 0.6 is 0 Å². The summed E-state index contributed by atoms with van der Waals surface area (Å²) in [5.41, 5.74) is 0. The Balaban J connectivity index is 2.81. The van der Waals surface area contributed by atoms with Crippen LogP contribution in [0.2, 0.25) is 0 Å². The van der Waals surface area contributed by atoms with Gasteiger partial charge in [-0.05, 0) is 0 Å². The van der Waals surface area contributed by atoms with Crippen LogP contribution < -0.4 is 0 Å². The molecule has 4 N–H and O–H groups in total. The van der Waals surface area contributed by atoms with E-state index in [1.165, 1.54) is 0 Å². The molecule has 1 aliphatic heterocycles. The maximum atomic E-state index is 10.6. The molecule has 0 aromatic heterocycles. The molecule has 0 aliphatic carbocycles. The van der Waals surface area contributed by atoms with E-state index in [9.17, 15) is 15.0 Å². The van der Waals surface area contributed by atoms with Gasteiger partial charge in [0, 0.05) is 12.3 Å². The zero-order valence-corrected chi connectivity index (χ0v) is 7.75. The molecule has 4 unspecified atom stereocenters. The van der Waals surface area contributed by atoms with E-state index < -0.39 is 36.5 Å². The normalized spacial score (nSPS) is 43.6. The predicted molar refractivity (Wildman–Crippen MR) is 44.3 cm³/mol. The third kappa shape index (κ3) is 1.88. The van der Waals surface area contributed by atoms with E-state index in [2.05, 4.69) is 0 Å². The molecule has 0 amide bonds. The number of aliphatic hydroxyl groups excluding tert-OH is 2. The Morgan fingerprint density at radius 1 is 1.64 bits per heavy atom. The minimum Gasteiger partial charge on any atom is -0.477 e. The van der Waals surface area contributed by atoms with Crippen molar-refractivity contribution >= 4 is 5.97 Å². The first-order valence-corrected chi connectivity index (χ1v) is 4.33. The summed E-state index contributed by atoms with van der Waals surface area (Å²) in [6, 6.07) is 0. The highest BCUT2D eigenvalue weighted by molar-refractivity contribution is 5.75. The molecule has 1 saturated heterocycles. The lowest BCUT2D eigenvalue weighted by Crippen LogP contribution is -2.56. The number of ether oxygens (including phenoxy) is 1. The fourth-order valence-corrected chi connectivity index (χ4v) is 1.46. The Kier molecular flexibility index (Phi) is 3.10. The van der Waals surface area contributed by atoms with Crippen molar-refractivity contribution in [3.05, 3.63) is 0 Å². The van der Waals surface area contributed by atoms with Gasteiger partial charge in [-0.1, -0.05) is 6.92 Å². The van der Waals surface area contributed by atoms with Gasteiger partial charge in [-0.15, -0.1) is 0 Å². The lowest BCUT2D eigenvalue weighted by molar-refractivity contribution is -0.287. The molecule has 6 heteroatoms. The fourth-order valence-electron chi connectivity index (χ4n) is 1.46. The van der Waals surface area contributed by atoms with E-state index in [0.29, 0.717) is 0 Å². The summed E-state index contributed by atoms with van der Waals surface area (Å²) < 4.78 is 4.81. The highest BCUT2D eigenvalue weighted by atomic mass is 16.7. The number of aliphatic carboxylic acids is 1. The quantitative estimate of drug-likeness (QED) is 0.440. The number of rotatable bonds is 2. The average Bonchev–Trinajstić information content (AvgIpc) is 2.11. The standard InChI is InChI=1S/C8H14O6/c1-4-5(10)2-8(13,7(11)12)14-6(4)3-9/h4-6,9-10,13H,2-3H2,1H3,(H,11,12). The molecule has 0 aromatic carbocycles. The maximum Gasteiger partial charge on any atom is 0.364 e. The van der Waals surface area contributed by atoms with Crippen molar-refractivity contribution in [2.24, 2.45) is 5.92 Å². The van der Waals surface area contributed by atoms with Gasteiger partial charge in [-0.25, -0.2) is 4.79 Å². The highest BCUT2D eigenvalue weighted by Crippen LogP contribution is 2.31. The van der Waals surface area contributed by atoms with Crippen molar-refractivity contribution in [3.8, 4) is 0 Å². The first-order chi connectivity index (χ1) is 6.40. The lowest BCUT2D eigenvalue weighted by Gasteiger charge is -2.40. The molecule has 1 fully saturated rings. The monoisotopic (exact) mass is 206 g/mol. The fraction of sp³-hybridized carbons (Fsp3) is 0.875. The van der Waals surface area contributed by atoms with Crippen LogP contribution in [-0.4, -0.2) is 51.0 Å². The number of carboxylic acids is 1. The number of hydrogen-bond acceptors (Lipinski definition) is 5. The van der Waals surface area contributed by atoms with E-state index in [0.717, 1.165) is 0 Å². The van der Waals surface area contributed by atoms with Crippen molar-refractivity contribution in [2.75, 3.05) is 6.61 Å². The summed E-state index contributed by atoms with van der Waals surface area (Å²) in [6.45, 7) is 1.18. The van der Waals surface area contributed by atoms with Gasteiger partial charge in [0.2, 0.25) is 0 Å². The lowest BCUT2D eigenvalue weighted by atomic mass is 9.89. The predicted octanol–water partition coefficient (Wildman–Crippen LogP) is -1.46. The summed E-state index contributed by atoms with van der Waals surface area (Å²) in [4.78, 5) is 10.6. The van der Waals surface area contributed by atoms with E-state index in [1.807, 2.05) is 0 Å². The van der Waals surface area contributed by atoms with Crippen LogP contribution in [0.15, 0.2) is 0 Å². The second-order valence-corrected chi connectivity index (χ2v) is 3.56. The first-order valence-electron chi connectivity index (χ1n) is 4.33. The van der Waals surface area contributed by atoms with Crippen molar-refractivity contribution in [1.82, 2.24) is 0 Å². The summed E-state index contributed by atoms with van der Waals surface area (Å²) >= 11 is 0.